The molecule has 3 N–H and O–H groups in total. The highest BCUT2D eigenvalue weighted by Crippen LogP contribution is 2.09. The number of carbonyl (C=O) groups is 1. The van der Waals surface area contributed by atoms with E-state index in [2.05, 4.69) is 18.9 Å². The Morgan fingerprint density at radius 1 is 1.31 bits per heavy atom. The smallest absolute Gasteiger partial charge is 0.323 e. The zero-order valence-electron chi connectivity index (χ0n) is 10.8. The number of aliphatic carboxylic acids is 1. The molecule has 0 radical (unpaired) electrons. The van der Waals surface area contributed by atoms with E-state index in [4.69, 9.17) is 10.8 Å². The van der Waals surface area contributed by atoms with Crippen molar-refractivity contribution in [2.45, 2.75) is 51.5 Å². The van der Waals surface area contributed by atoms with Gasteiger partial charge in [0.15, 0.2) is 0 Å². The van der Waals surface area contributed by atoms with Crippen molar-refractivity contribution in [1.29, 1.82) is 0 Å². The highest BCUT2D eigenvalue weighted by atomic mass is 16.4. The van der Waals surface area contributed by atoms with Gasteiger partial charge in [-0.15, -0.1) is 0 Å². The molecule has 4 heteroatoms. The van der Waals surface area contributed by atoms with Crippen LogP contribution in [-0.4, -0.2) is 41.7 Å². The average Bonchev–Trinajstić information content (AvgIpc) is 2.17. The number of nitrogens with zero attached hydrogens (tertiary/aromatic N) is 1. The van der Waals surface area contributed by atoms with Crippen LogP contribution in [0.15, 0.2) is 0 Å². The van der Waals surface area contributed by atoms with Crippen molar-refractivity contribution in [2.24, 2.45) is 5.73 Å². The Labute approximate surface area is 98.8 Å². The van der Waals surface area contributed by atoms with E-state index >= 15 is 0 Å². The number of nitrogens with two attached hydrogens (primary N) is 1. The quantitative estimate of drug-likeness (QED) is 0.592. The van der Waals surface area contributed by atoms with Crippen molar-refractivity contribution < 1.29 is 9.90 Å². The molecule has 1 unspecified atom stereocenters. The molecule has 0 aliphatic heterocycles. The van der Waals surface area contributed by atoms with Crippen molar-refractivity contribution >= 4 is 5.97 Å². The lowest BCUT2D eigenvalue weighted by Crippen LogP contribution is -2.45. The lowest BCUT2D eigenvalue weighted by atomic mass is 9.97. The minimum Gasteiger partial charge on any atom is -0.480 e. The van der Waals surface area contributed by atoms with E-state index in [1.807, 2.05) is 0 Å². The minimum atomic E-state index is -1.08. The molecule has 16 heavy (non-hydrogen) atoms. The second-order valence-electron chi connectivity index (χ2n) is 4.84. The van der Waals surface area contributed by atoms with Crippen LogP contribution in [0.1, 0.15) is 46.0 Å². The summed E-state index contributed by atoms with van der Waals surface area (Å²) in [5, 5.41) is 8.84. The second kappa shape index (κ2) is 7.63. The van der Waals surface area contributed by atoms with Crippen LogP contribution in [0.5, 0.6) is 0 Å². The molecular weight excluding hydrogens is 204 g/mol. The first-order chi connectivity index (χ1) is 7.40. The predicted octanol–water partition coefficient (Wildman–Crippen LogP) is 1.69. The maximum Gasteiger partial charge on any atom is 0.323 e. The molecule has 0 aromatic carbocycles. The van der Waals surface area contributed by atoms with Crippen LogP contribution in [0.3, 0.4) is 0 Å². The summed E-state index contributed by atoms with van der Waals surface area (Å²) in [4.78, 5) is 13.0. The van der Waals surface area contributed by atoms with Gasteiger partial charge in [0, 0.05) is 0 Å². The van der Waals surface area contributed by atoms with Gasteiger partial charge in [-0.05, 0) is 46.3 Å². The fourth-order valence-corrected chi connectivity index (χ4v) is 1.57. The molecule has 0 fully saturated rings. The van der Waals surface area contributed by atoms with Crippen LogP contribution >= 0.6 is 0 Å². The second-order valence-corrected chi connectivity index (χ2v) is 4.84. The third-order valence-electron chi connectivity index (χ3n) is 2.87. The molecule has 0 aliphatic rings. The highest BCUT2D eigenvalue weighted by Gasteiger charge is 2.26. The maximum atomic E-state index is 10.8. The van der Waals surface area contributed by atoms with Gasteiger partial charge in [0.25, 0.3) is 0 Å². The fourth-order valence-electron chi connectivity index (χ4n) is 1.57. The summed E-state index contributed by atoms with van der Waals surface area (Å²) in [7, 11) is 2.07. The molecular formula is C12H26N2O2. The molecule has 4 nitrogen and oxygen atoms in total. The minimum absolute atomic E-state index is 0.528. The van der Waals surface area contributed by atoms with E-state index in [-0.39, 0.29) is 0 Å². The topological polar surface area (TPSA) is 66.6 Å². The number of hydrogen-bond acceptors (Lipinski definition) is 3. The van der Waals surface area contributed by atoms with Crippen molar-refractivity contribution in [3.05, 3.63) is 0 Å². The van der Waals surface area contributed by atoms with Crippen molar-refractivity contribution in [1.82, 2.24) is 4.90 Å². The van der Waals surface area contributed by atoms with Gasteiger partial charge in [0.2, 0.25) is 0 Å². The fraction of sp³-hybridized carbons (Fsp3) is 0.917. The van der Waals surface area contributed by atoms with E-state index in [0.717, 1.165) is 19.5 Å². The monoisotopic (exact) mass is 230 g/mol. The normalized spacial score (nSPS) is 15.1. The molecule has 0 heterocycles. The first-order valence-corrected chi connectivity index (χ1v) is 6.11. The van der Waals surface area contributed by atoms with E-state index in [1.54, 1.807) is 6.92 Å². The molecule has 0 rings (SSSR count). The van der Waals surface area contributed by atoms with Gasteiger partial charge in [-0.2, -0.15) is 0 Å². The van der Waals surface area contributed by atoms with Crippen LogP contribution in [-0.2, 0) is 4.79 Å². The zero-order chi connectivity index (χ0) is 12.6. The van der Waals surface area contributed by atoms with Crippen LogP contribution < -0.4 is 5.73 Å². The van der Waals surface area contributed by atoms with E-state index in [9.17, 15) is 4.79 Å². The molecule has 0 saturated heterocycles. The lowest BCUT2D eigenvalue weighted by Gasteiger charge is -2.21. The largest absolute Gasteiger partial charge is 0.480 e. The first-order valence-electron chi connectivity index (χ1n) is 6.11. The van der Waals surface area contributed by atoms with E-state index < -0.39 is 11.5 Å². The third-order valence-corrected chi connectivity index (χ3v) is 2.87. The molecule has 1 atom stereocenters. The van der Waals surface area contributed by atoms with Gasteiger partial charge in [0.05, 0.1) is 0 Å². The van der Waals surface area contributed by atoms with E-state index in [0.29, 0.717) is 6.42 Å². The molecule has 0 spiro atoms. The maximum absolute atomic E-state index is 10.8. The Kier molecular flexibility index (Phi) is 7.34. The zero-order valence-corrected chi connectivity index (χ0v) is 10.8. The van der Waals surface area contributed by atoms with Crippen molar-refractivity contribution in [3.63, 3.8) is 0 Å². The highest BCUT2D eigenvalue weighted by molar-refractivity contribution is 5.77. The number of rotatable bonds is 9. The summed E-state index contributed by atoms with van der Waals surface area (Å²) in [6.07, 6.45) is 5.07. The van der Waals surface area contributed by atoms with Gasteiger partial charge >= 0.3 is 5.97 Å². The van der Waals surface area contributed by atoms with Crippen molar-refractivity contribution in [2.75, 3.05) is 20.1 Å². The average molecular weight is 230 g/mol. The van der Waals surface area contributed by atoms with Crippen LogP contribution in [0, 0.1) is 0 Å². The molecule has 0 bridgehead atoms. The lowest BCUT2D eigenvalue weighted by molar-refractivity contribution is -0.142. The molecule has 96 valence electrons. The van der Waals surface area contributed by atoms with Crippen LogP contribution in [0.2, 0.25) is 0 Å². The Morgan fingerprint density at radius 3 is 2.38 bits per heavy atom. The van der Waals surface area contributed by atoms with Gasteiger partial charge in [0.1, 0.15) is 5.54 Å². The molecule has 0 aliphatic carbocycles. The number of hydrogen-bond donors (Lipinski definition) is 2. The SMILES string of the molecule is CCCCCN(C)CCCC(C)(N)C(=O)O. The van der Waals surface area contributed by atoms with E-state index in [1.165, 1.54) is 19.3 Å². The van der Waals surface area contributed by atoms with Crippen molar-refractivity contribution in [3.8, 4) is 0 Å². The standard InChI is InChI=1S/C12H26N2O2/c1-4-5-6-9-14(3)10-7-8-12(2,13)11(15)16/h4-10,13H2,1-3H3,(H,15,16). The number of carboxylic acids is 1. The van der Waals surface area contributed by atoms with Gasteiger partial charge < -0.3 is 15.7 Å². The van der Waals surface area contributed by atoms with Crippen LogP contribution in [0.4, 0.5) is 0 Å². The Morgan fingerprint density at radius 2 is 1.88 bits per heavy atom. The molecule has 0 amide bonds. The van der Waals surface area contributed by atoms with Gasteiger partial charge in [-0.3, -0.25) is 4.79 Å². The van der Waals surface area contributed by atoms with Crippen LogP contribution in [0.25, 0.3) is 0 Å². The number of unbranched alkanes of at least 4 members (excludes halogenated alkanes) is 2. The predicted molar refractivity (Wildman–Crippen MR) is 66.5 cm³/mol. The summed E-state index contributed by atoms with van der Waals surface area (Å²) in [6, 6.07) is 0. The molecule has 0 aromatic rings. The Hall–Kier alpha value is -0.610. The molecule has 0 aromatic heterocycles. The Balaban J connectivity index is 3.61. The summed E-state index contributed by atoms with van der Waals surface area (Å²) in [5.74, 6) is -0.916. The summed E-state index contributed by atoms with van der Waals surface area (Å²) < 4.78 is 0. The summed E-state index contributed by atoms with van der Waals surface area (Å²) >= 11 is 0. The van der Waals surface area contributed by atoms with Gasteiger partial charge in [-0.25, -0.2) is 0 Å². The Bertz CT molecular complexity index is 205. The summed E-state index contributed by atoms with van der Waals surface area (Å²) in [6.45, 7) is 5.77. The molecule has 0 saturated carbocycles. The number of carboxylic acid groups (broad SMARTS) is 1. The van der Waals surface area contributed by atoms with Gasteiger partial charge in [-0.1, -0.05) is 19.8 Å². The third kappa shape index (κ3) is 6.80. The first kappa shape index (κ1) is 15.4. The summed E-state index contributed by atoms with van der Waals surface area (Å²) in [5.41, 5.74) is 4.57.